The second kappa shape index (κ2) is 5.76. The smallest absolute Gasteiger partial charge is 0.198 e. The Hall–Kier alpha value is -3.10. The zero-order chi connectivity index (χ0) is 18.5. The van der Waals surface area contributed by atoms with E-state index in [0.29, 0.717) is 0 Å². The van der Waals surface area contributed by atoms with Crippen LogP contribution < -0.4 is 9.47 Å². The minimum absolute atomic E-state index is 0.0968. The third kappa shape index (κ3) is 2.31. The molecule has 0 saturated heterocycles. The normalized spacial score (nSPS) is 12.8. The number of carbonyl (C=O) groups is 2. The van der Waals surface area contributed by atoms with Crippen molar-refractivity contribution in [3.8, 4) is 23.0 Å². The van der Waals surface area contributed by atoms with Crippen LogP contribution in [0.3, 0.4) is 0 Å². The monoisotopic (exact) mass is 346 g/mol. The fraction of sp³-hybridized carbons (Fsp3) is 0.176. The average Bonchev–Trinajstić information content (AvgIpc) is 2.57. The maximum Gasteiger partial charge on any atom is 0.198 e. The Balaban J connectivity index is 2.39. The number of rotatable bonds is 3. The van der Waals surface area contributed by atoms with Crippen molar-refractivity contribution in [3.05, 3.63) is 46.0 Å². The SMILES string of the molecule is COc1cc(O)c2c(c1)C(=O)c1cc(OC)c(O)c(C(O)O)c1C2=O. The van der Waals surface area contributed by atoms with E-state index in [1.807, 2.05) is 0 Å². The number of hydrogen-bond donors (Lipinski definition) is 4. The summed E-state index contributed by atoms with van der Waals surface area (Å²) < 4.78 is 9.92. The molecule has 1 aliphatic rings. The molecule has 3 rings (SSSR count). The van der Waals surface area contributed by atoms with E-state index in [2.05, 4.69) is 0 Å². The molecule has 8 nitrogen and oxygen atoms in total. The van der Waals surface area contributed by atoms with Crippen LogP contribution in [-0.4, -0.2) is 46.2 Å². The quantitative estimate of drug-likeness (QED) is 0.514. The second-order valence-electron chi connectivity index (χ2n) is 5.36. The molecule has 1 aliphatic carbocycles. The average molecular weight is 346 g/mol. The van der Waals surface area contributed by atoms with Gasteiger partial charge in [-0.1, -0.05) is 0 Å². The Morgan fingerprint density at radius 3 is 2.08 bits per heavy atom. The van der Waals surface area contributed by atoms with Gasteiger partial charge in [0, 0.05) is 22.8 Å². The van der Waals surface area contributed by atoms with E-state index in [9.17, 15) is 30.0 Å². The van der Waals surface area contributed by atoms with Gasteiger partial charge in [-0.25, -0.2) is 0 Å². The van der Waals surface area contributed by atoms with Gasteiger partial charge in [-0.2, -0.15) is 0 Å². The van der Waals surface area contributed by atoms with E-state index >= 15 is 0 Å². The topological polar surface area (TPSA) is 134 Å². The number of aliphatic hydroxyl groups is 2. The molecule has 4 N–H and O–H groups in total. The zero-order valence-electron chi connectivity index (χ0n) is 13.2. The van der Waals surface area contributed by atoms with Crippen molar-refractivity contribution in [2.24, 2.45) is 0 Å². The fourth-order valence-electron chi connectivity index (χ4n) is 2.91. The second-order valence-corrected chi connectivity index (χ2v) is 5.36. The van der Waals surface area contributed by atoms with Crippen molar-refractivity contribution in [3.63, 3.8) is 0 Å². The largest absolute Gasteiger partial charge is 0.507 e. The highest BCUT2D eigenvalue weighted by Crippen LogP contribution is 2.44. The van der Waals surface area contributed by atoms with Crippen LogP contribution in [0.1, 0.15) is 43.7 Å². The predicted molar refractivity (Wildman–Crippen MR) is 83.4 cm³/mol. The molecule has 130 valence electrons. The molecule has 0 unspecified atom stereocenters. The standard InChI is InChI=1S/C17H14O8/c1-24-6-3-7-11(9(18)4-6)16(21)12-8(14(7)19)5-10(25-2)15(20)13(12)17(22)23/h3-5,17-18,20,22-23H,1-2H3. The molecular formula is C17H14O8. The van der Waals surface area contributed by atoms with Gasteiger partial charge in [0.2, 0.25) is 0 Å². The Bertz CT molecular complexity index is 914. The summed E-state index contributed by atoms with van der Waals surface area (Å²) in [5.41, 5.74) is -1.53. The molecule has 25 heavy (non-hydrogen) atoms. The first-order chi connectivity index (χ1) is 11.8. The fourth-order valence-corrected chi connectivity index (χ4v) is 2.91. The van der Waals surface area contributed by atoms with Crippen LogP contribution in [0, 0.1) is 0 Å². The molecule has 2 aromatic carbocycles. The highest BCUT2D eigenvalue weighted by molar-refractivity contribution is 6.30. The maximum atomic E-state index is 12.8. The molecule has 0 atom stereocenters. The van der Waals surface area contributed by atoms with Crippen LogP contribution in [-0.2, 0) is 0 Å². The number of phenols is 2. The summed E-state index contributed by atoms with van der Waals surface area (Å²) in [7, 11) is 2.55. The van der Waals surface area contributed by atoms with Crippen molar-refractivity contribution >= 4 is 11.6 Å². The maximum absolute atomic E-state index is 12.8. The molecule has 2 aromatic rings. The number of aromatic hydroxyl groups is 2. The van der Waals surface area contributed by atoms with Crippen LogP contribution in [0.15, 0.2) is 18.2 Å². The lowest BCUT2D eigenvalue weighted by Gasteiger charge is -2.24. The molecule has 0 fully saturated rings. The summed E-state index contributed by atoms with van der Waals surface area (Å²) in [5, 5.41) is 39.4. The molecule has 0 radical (unpaired) electrons. The molecule has 0 amide bonds. The van der Waals surface area contributed by atoms with E-state index in [4.69, 9.17) is 9.47 Å². The number of aliphatic hydroxyl groups excluding tert-OH is 1. The molecular weight excluding hydrogens is 332 g/mol. The van der Waals surface area contributed by atoms with Gasteiger partial charge in [0.15, 0.2) is 29.4 Å². The van der Waals surface area contributed by atoms with Gasteiger partial charge in [-0.15, -0.1) is 0 Å². The van der Waals surface area contributed by atoms with E-state index in [-0.39, 0.29) is 28.2 Å². The summed E-state index contributed by atoms with van der Waals surface area (Å²) in [6, 6.07) is 3.59. The Morgan fingerprint density at radius 2 is 1.52 bits per heavy atom. The summed E-state index contributed by atoms with van der Waals surface area (Å²) in [6.45, 7) is 0. The van der Waals surface area contributed by atoms with Gasteiger partial charge >= 0.3 is 0 Å². The van der Waals surface area contributed by atoms with Crippen molar-refractivity contribution in [2.75, 3.05) is 14.2 Å². The minimum Gasteiger partial charge on any atom is -0.507 e. The lowest BCUT2D eigenvalue weighted by molar-refractivity contribution is -0.0445. The van der Waals surface area contributed by atoms with Crippen LogP contribution in [0.25, 0.3) is 0 Å². The van der Waals surface area contributed by atoms with E-state index < -0.39 is 40.5 Å². The molecule has 0 heterocycles. The number of phenolic OH excluding ortho intramolecular Hbond substituents is 2. The highest BCUT2D eigenvalue weighted by Gasteiger charge is 2.38. The van der Waals surface area contributed by atoms with Crippen molar-refractivity contribution in [2.45, 2.75) is 6.29 Å². The molecule has 0 saturated carbocycles. The van der Waals surface area contributed by atoms with E-state index in [1.54, 1.807) is 0 Å². The third-order valence-electron chi connectivity index (χ3n) is 4.05. The lowest BCUT2D eigenvalue weighted by Crippen LogP contribution is -2.24. The summed E-state index contributed by atoms with van der Waals surface area (Å²) >= 11 is 0. The molecule has 0 aromatic heterocycles. The van der Waals surface area contributed by atoms with Gasteiger partial charge in [0.25, 0.3) is 0 Å². The Morgan fingerprint density at radius 1 is 0.880 bits per heavy atom. The summed E-state index contributed by atoms with van der Waals surface area (Å²) in [5.74, 6) is -2.67. The van der Waals surface area contributed by atoms with Crippen LogP contribution in [0.4, 0.5) is 0 Å². The van der Waals surface area contributed by atoms with Gasteiger partial charge in [0.05, 0.1) is 25.3 Å². The van der Waals surface area contributed by atoms with Gasteiger partial charge in [-0.3, -0.25) is 9.59 Å². The summed E-state index contributed by atoms with van der Waals surface area (Å²) in [4.78, 5) is 25.6. The first kappa shape index (κ1) is 16.7. The molecule has 0 spiro atoms. The van der Waals surface area contributed by atoms with E-state index in [1.165, 1.54) is 20.3 Å². The number of ether oxygens (including phenoxy) is 2. The molecule has 8 heteroatoms. The number of benzene rings is 2. The van der Waals surface area contributed by atoms with Crippen LogP contribution in [0.2, 0.25) is 0 Å². The lowest BCUT2D eigenvalue weighted by atomic mass is 9.80. The number of hydrogen-bond acceptors (Lipinski definition) is 8. The van der Waals surface area contributed by atoms with Crippen molar-refractivity contribution in [1.29, 1.82) is 0 Å². The van der Waals surface area contributed by atoms with Crippen LogP contribution >= 0.6 is 0 Å². The number of fused-ring (bicyclic) bond motifs is 2. The van der Waals surface area contributed by atoms with Gasteiger partial charge in [0.1, 0.15) is 11.5 Å². The first-order valence-corrected chi connectivity index (χ1v) is 7.12. The van der Waals surface area contributed by atoms with Crippen molar-refractivity contribution < 1.29 is 39.5 Å². The van der Waals surface area contributed by atoms with Crippen molar-refractivity contribution in [1.82, 2.24) is 0 Å². The van der Waals surface area contributed by atoms with Gasteiger partial charge < -0.3 is 29.9 Å². The number of carbonyl (C=O) groups excluding carboxylic acids is 2. The number of methoxy groups -OCH3 is 2. The summed E-state index contributed by atoms with van der Waals surface area (Å²) in [6.07, 6.45) is -2.23. The highest BCUT2D eigenvalue weighted by atomic mass is 16.5. The number of ketones is 2. The molecule has 0 aliphatic heterocycles. The van der Waals surface area contributed by atoms with E-state index in [0.717, 1.165) is 12.1 Å². The first-order valence-electron chi connectivity index (χ1n) is 7.12. The third-order valence-corrected chi connectivity index (χ3v) is 4.05. The molecule has 0 bridgehead atoms. The predicted octanol–water partition coefficient (Wildman–Crippen LogP) is 0.874. The Labute approximate surface area is 141 Å². The van der Waals surface area contributed by atoms with Gasteiger partial charge in [-0.05, 0) is 12.1 Å². The minimum atomic E-state index is -2.23. The zero-order valence-corrected chi connectivity index (χ0v) is 13.2. The van der Waals surface area contributed by atoms with Crippen LogP contribution in [0.5, 0.6) is 23.0 Å². The Kier molecular flexibility index (Phi) is 3.86.